The molecule has 8 rings (SSSR count). The highest BCUT2D eigenvalue weighted by Crippen LogP contribution is 2.49. The van der Waals surface area contributed by atoms with E-state index >= 15 is 0 Å². The van der Waals surface area contributed by atoms with Gasteiger partial charge in [0.1, 0.15) is 0 Å². The Bertz CT molecular complexity index is 2110. The summed E-state index contributed by atoms with van der Waals surface area (Å²) in [4.78, 5) is 19.7. The summed E-state index contributed by atoms with van der Waals surface area (Å²) in [6.45, 7) is 4.64. The van der Waals surface area contributed by atoms with Crippen molar-refractivity contribution < 1.29 is 0 Å². The van der Waals surface area contributed by atoms with E-state index in [1.807, 2.05) is 85.1 Å². The highest BCUT2D eigenvalue weighted by molar-refractivity contribution is 5.85. The van der Waals surface area contributed by atoms with Gasteiger partial charge in [-0.3, -0.25) is 4.98 Å². The highest BCUT2D eigenvalue weighted by atomic mass is 15.0. The lowest BCUT2D eigenvalue weighted by Crippen LogP contribution is -2.14. The van der Waals surface area contributed by atoms with Gasteiger partial charge in [0.15, 0.2) is 17.5 Å². The topological polar surface area (TPSA) is 51.6 Å². The summed E-state index contributed by atoms with van der Waals surface area (Å²) in [5.74, 6) is 1.90. The van der Waals surface area contributed by atoms with E-state index in [1.54, 1.807) is 0 Å². The van der Waals surface area contributed by atoms with Crippen LogP contribution in [0.25, 0.3) is 67.7 Å². The van der Waals surface area contributed by atoms with Gasteiger partial charge in [0, 0.05) is 33.9 Å². The number of rotatable bonds is 5. The van der Waals surface area contributed by atoms with Crippen LogP contribution in [-0.4, -0.2) is 19.9 Å². The summed E-state index contributed by atoms with van der Waals surface area (Å²) >= 11 is 0. The molecule has 7 aromatic rings. The maximum Gasteiger partial charge on any atom is 0.164 e. The van der Waals surface area contributed by atoms with Gasteiger partial charge in [-0.15, -0.1) is 0 Å². The van der Waals surface area contributed by atoms with E-state index < -0.39 is 0 Å². The third-order valence-corrected chi connectivity index (χ3v) is 8.77. The number of hydrogen-bond donors (Lipinski definition) is 0. The van der Waals surface area contributed by atoms with Gasteiger partial charge >= 0.3 is 0 Å². The molecule has 1 aliphatic carbocycles. The molecule has 0 amide bonds. The van der Waals surface area contributed by atoms with E-state index in [9.17, 15) is 0 Å². The smallest absolute Gasteiger partial charge is 0.164 e. The lowest BCUT2D eigenvalue weighted by Gasteiger charge is -2.22. The van der Waals surface area contributed by atoms with E-state index in [2.05, 4.69) is 74.5 Å². The van der Waals surface area contributed by atoms with Crippen molar-refractivity contribution in [2.75, 3.05) is 0 Å². The summed E-state index contributed by atoms with van der Waals surface area (Å²) < 4.78 is 0. The lowest BCUT2D eigenvalue weighted by atomic mass is 9.81. The number of fused-ring (bicyclic) bond motifs is 3. The van der Waals surface area contributed by atoms with Gasteiger partial charge in [0.25, 0.3) is 0 Å². The van der Waals surface area contributed by atoms with Crippen molar-refractivity contribution in [2.24, 2.45) is 0 Å². The number of aromatic nitrogens is 4. The molecule has 214 valence electrons. The van der Waals surface area contributed by atoms with Crippen molar-refractivity contribution in [3.63, 3.8) is 0 Å². The molecule has 0 radical (unpaired) electrons. The van der Waals surface area contributed by atoms with Gasteiger partial charge in [-0.2, -0.15) is 0 Å². The molecule has 0 fully saturated rings. The SMILES string of the molecule is CC1(C)c2ccccc2-c2ccc(-c3cc(-c4ccccn4)cc(-c4nc(-c5ccccc5)nc(-c5ccccc5)n4)c3)cc21. The zero-order valence-corrected chi connectivity index (χ0v) is 25.1. The summed E-state index contributed by atoms with van der Waals surface area (Å²) in [7, 11) is 0. The molecule has 0 spiro atoms. The zero-order valence-electron chi connectivity index (χ0n) is 25.1. The van der Waals surface area contributed by atoms with Crippen LogP contribution in [-0.2, 0) is 5.41 Å². The Kier molecular flexibility index (Phi) is 6.42. The number of hydrogen-bond acceptors (Lipinski definition) is 4. The average Bonchev–Trinajstić information content (AvgIpc) is 3.34. The Morgan fingerprint density at radius 3 is 1.62 bits per heavy atom. The second-order valence-electron chi connectivity index (χ2n) is 12.0. The highest BCUT2D eigenvalue weighted by Gasteiger charge is 2.35. The van der Waals surface area contributed by atoms with Gasteiger partial charge in [-0.05, 0) is 69.8 Å². The van der Waals surface area contributed by atoms with Crippen LogP contribution in [0, 0.1) is 0 Å². The third kappa shape index (κ3) is 4.81. The normalized spacial score (nSPS) is 12.8. The molecule has 5 aromatic carbocycles. The van der Waals surface area contributed by atoms with E-state index in [-0.39, 0.29) is 5.41 Å². The van der Waals surface area contributed by atoms with E-state index in [0.29, 0.717) is 17.5 Å². The molecule has 0 bridgehead atoms. The second-order valence-corrected chi connectivity index (χ2v) is 12.0. The Hall–Kier alpha value is -5.74. The van der Waals surface area contributed by atoms with Crippen LogP contribution in [0.1, 0.15) is 25.0 Å². The summed E-state index contributed by atoms with van der Waals surface area (Å²) in [5.41, 5.74) is 12.2. The Morgan fingerprint density at radius 2 is 0.956 bits per heavy atom. The molecule has 0 aliphatic heterocycles. The molecule has 45 heavy (non-hydrogen) atoms. The van der Waals surface area contributed by atoms with Gasteiger partial charge in [-0.1, -0.05) is 117 Å². The van der Waals surface area contributed by atoms with Crippen molar-refractivity contribution in [3.8, 4) is 67.7 Å². The molecule has 2 heterocycles. The summed E-state index contributed by atoms with van der Waals surface area (Å²) in [6, 6.07) is 48.4. The first kappa shape index (κ1) is 26.9. The maximum atomic E-state index is 5.03. The summed E-state index contributed by atoms with van der Waals surface area (Å²) in [5, 5.41) is 0. The first-order chi connectivity index (χ1) is 22.0. The largest absolute Gasteiger partial charge is 0.256 e. The van der Waals surface area contributed by atoms with Crippen molar-refractivity contribution in [3.05, 3.63) is 157 Å². The molecule has 0 saturated heterocycles. The van der Waals surface area contributed by atoms with E-state index in [0.717, 1.165) is 39.1 Å². The monoisotopic (exact) mass is 578 g/mol. The Balaban J connectivity index is 1.33. The van der Waals surface area contributed by atoms with Crippen LogP contribution in [0.2, 0.25) is 0 Å². The molecule has 1 aliphatic rings. The molecule has 0 saturated carbocycles. The van der Waals surface area contributed by atoms with Gasteiger partial charge in [-0.25, -0.2) is 15.0 Å². The molecule has 0 unspecified atom stereocenters. The fourth-order valence-electron chi connectivity index (χ4n) is 6.43. The summed E-state index contributed by atoms with van der Waals surface area (Å²) in [6.07, 6.45) is 1.83. The molecule has 4 heteroatoms. The first-order valence-electron chi connectivity index (χ1n) is 15.2. The number of nitrogens with zero attached hydrogens (tertiary/aromatic N) is 4. The van der Waals surface area contributed by atoms with Gasteiger partial charge in [0.05, 0.1) is 5.69 Å². The predicted molar refractivity (Wildman–Crippen MR) is 182 cm³/mol. The fraction of sp³-hybridized carbons (Fsp3) is 0.0732. The molecular weight excluding hydrogens is 548 g/mol. The van der Waals surface area contributed by atoms with Crippen molar-refractivity contribution in [1.82, 2.24) is 19.9 Å². The van der Waals surface area contributed by atoms with Crippen molar-refractivity contribution in [2.45, 2.75) is 19.3 Å². The lowest BCUT2D eigenvalue weighted by molar-refractivity contribution is 0.660. The van der Waals surface area contributed by atoms with Gasteiger partial charge < -0.3 is 0 Å². The quantitative estimate of drug-likeness (QED) is 0.204. The van der Waals surface area contributed by atoms with E-state index in [4.69, 9.17) is 19.9 Å². The van der Waals surface area contributed by atoms with Gasteiger partial charge in [0.2, 0.25) is 0 Å². The molecule has 4 nitrogen and oxygen atoms in total. The minimum atomic E-state index is -0.0905. The molecule has 2 aromatic heterocycles. The Morgan fingerprint density at radius 1 is 0.400 bits per heavy atom. The predicted octanol–water partition coefficient (Wildman–Crippen LogP) is 9.91. The minimum absolute atomic E-state index is 0.0905. The molecule has 0 atom stereocenters. The van der Waals surface area contributed by atoms with Crippen LogP contribution in [0.4, 0.5) is 0 Å². The standard InChI is InChI=1S/C41H30N4/c1-41(2)35-18-10-9-17-33(35)34-21-20-29(26-36(34)41)30-23-31(37-19-11-12-22-42-37)25-32(24-30)40-44-38(27-13-5-3-6-14-27)43-39(45-40)28-15-7-4-8-16-28/h3-26H,1-2H3. The average molecular weight is 579 g/mol. The second kappa shape index (κ2) is 10.8. The van der Waals surface area contributed by atoms with Crippen LogP contribution in [0.5, 0.6) is 0 Å². The van der Waals surface area contributed by atoms with E-state index in [1.165, 1.54) is 22.3 Å². The van der Waals surface area contributed by atoms with Crippen LogP contribution in [0.3, 0.4) is 0 Å². The molecular formula is C41H30N4. The minimum Gasteiger partial charge on any atom is -0.256 e. The van der Waals surface area contributed by atoms with Crippen LogP contribution in [0.15, 0.2) is 146 Å². The first-order valence-corrected chi connectivity index (χ1v) is 15.2. The van der Waals surface area contributed by atoms with Crippen molar-refractivity contribution in [1.29, 1.82) is 0 Å². The third-order valence-electron chi connectivity index (χ3n) is 8.77. The maximum absolute atomic E-state index is 5.03. The molecule has 0 N–H and O–H groups in total. The van der Waals surface area contributed by atoms with Crippen LogP contribution < -0.4 is 0 Å². The van der Waals surface area contributed by atoms with Crippen molar-refractivity contribution >= 4 is 0 Å². The Labute approximate surface area is 263 Å². The van der Waals surface area contributed by atoms with Crippen LogP contribution >= 0.6 is 0 Å². The number of pyridine rings is 1. The zero-order chi connectivity index (χ0) is 30.4. The fourth-order valence-corrected chi connectivity index (χ4v) is 6.43. The number of benzene rings is 5.